The summed E-state index contributed by atoms with van der Waals surface area (Å²) in [6.07, 6.45) is 0. The van der Waals surface area contributed by atoms with Crippen molar-refractivity contribution in [1.82, 2.24) is 4.57 Å². The molecule has 0 radical (unpaired) electrons. The lowest BCUT2D eigenvalue weighted by molar-refractivity contribution is 1.02. The van der Waals surface area contributed by atoms with Crippen molar-refractivity contribution in [2.45, 2.75) is 0 Å². The first kappa shape index (κ1) is 9.25. The van der Waals surface area contributed by atoms with Crippen LogP contribution in [0.5, 0.6) is 0 Å². The van der Waals surface area contributed by atoms with Gasteiger partial charge in [0, 0.05) is 28.0 Å². The second-order valence-corrected chi connectivity index (χ2v) is 5.35. The van der Waals surface area contributed by atoms with Crippen molar-refractivity contribution in [3.05, 3.63) is 47.8 Å². The largest absolute Gasteiger partial charge is 0.344 e. The zero-order valence-corrected chi connectivity index (χ0v) is 10.3. The Hall–Kier alpha value is -1.80. The highest BCUT2D eigenvalue weighted by atomic mass is 32.1. The predicted molar refractivity (Wildman–Crippen MR) is 75.8 cm³/mol. The first-order valence-corrected chi connectivity index (χ1v) is 6.57. The van der Waals surface area contributed by atoms with Gasteiger partial charge in [-0.2, -0.15) is 0 Å². The molecule has 0 aliphatic heterocycles. The van der Waals surface area contributed by atoms with Gasteiger partial charge in [0.25, 0.3) is 0 Å². The van der Waals surface area contributed by atoms with Crippen LogP contribution in [-0.4, -0.2) is 4.57 Å². The minimum atomic E-state index is 1.31. The summed E-state index contributed by atoms with van der Waals surface area (Å²) in [5, 5.41) is 6.21. The normalized spacial score (nSPS) is 11.8. The smallest absolute Gasteiger partial charge is 0.0503 e. The topological polar surface area (TPSA) is 4.93 Å². The summed E-state index contributed by atoms with van der Waals surface area (Å²) >= 11 is 1.81. The Kier molecular flexibility index (Phi) is 1.69. The second-order valence-electron chi connectivity index (χ2n) is 4.40. The average Bonchev–Trinajstić information content (AvgIpc) is 2.92. The van der Waals surface area contributed by atoms with E-state index in [0.29, 0.717) is 0 Å². The van der Waals surface area contributed by atoms with E-state index in [0.717, 1.165) is 0 Å². The van der Waals surface area contributed by atoms with E-state index in [2.05, 4.69) is 59.5 Å². The molecule has 17 heavy (non-hydrogen) atoms. The fraction of sp³-hybridized carbons (Fsp3) is 0.0667. The molecular formula is C15H11NS. The van der Waals surface area contributed by atoms with Crippen molar-refractivity contribution >= 4 is 43.2 Å². The van der Waals surface area contributed by atoms with Gasteiger partial charge in [0.1, 0.15) is 0 Å². The average molecular weight is 237 g/mol. The van der Waals surface area contributed by atoms with E-state index in [1.165, 1.54) is 31.9 Å². The van der Waals surface area contributed by atoms with E-state index < -0.39 is 0 Å². The lowest BCUT2D eigenvalue weighted by atomic mass is 10.1. The fourth-order valence-corrected chi connectivity index (χ4v) is 3.42. The molecule has 0 N–H and O–H groups in total. The van der Waals surface area contributed by atoms with Gasteiger partial charge in [0.2, 0.25) is 0 Å². The molecular weight excluding hydrogens is 226 g/mol. The standard InChI is InChI=1S/C15H11NS/c1-16-13-5-3-2-4-11(13)12-8-10-6-7-17-15(10)9-14(12)16/h2-9H,1H3. The molecule has 2 heteroatoms. The Balaban J connectivity index is 2.36. The number of aromatic nitrogens is 1. The van der Waals surface area contributed by atoms with Crippen molar-refractivity contribution in [1.29, 1.82) is 0 Å². The monoisotopic (exact) mass is 237 g/mol. The maximum absolute atomic E-state index is 2.31. The van der Waals surface area contributed by atoms with Crippen LogP contribution in [0.2, 0.25) is 0 Å². The van der Waals surface area contributed by atoms with E-state index in [4.69, 9.17) is 0 Å². The molecule has 0 amide bonds. The zero-order valence-electron chi connectivity index (χ0n) is 9.47. The number of aryl methyl sites for hydroxylation is 1. The molecule has 82 valence electrons. The molecule has 1 nitrogen and oxygen atoms in total. The number of rotatable bonds is 0. The van der Waals surface area contributed by atoms with Gasteiger partial charge in [0.05, 0.1) is 5.52 Å². The number of hydrogen-bond donors (Lipinski definition) is 0. The van der Waals surface area contributed by atoms with E-state index in [-0.39, 0.29) is 0 Å². The summed E-state index contributed by atoms with van der Waals surface area (Å²) in [7, 11) is 2.14. The number of fused-ring (bicyclic) bond motifs is 4. The fourth-order valence-electron chi connectivity index (χ4n) is 2.62. The van der Waals surface area contributed by atoms with Crippen LogP contribution in [0.25, 0.3) is 31.9 Å². The van der Waals surface area contributed by atoms with Crippen molar-refractivity contribution in [2.24, 2.45) is 7.05 Å². The molecule has 0 saturated carbocycles. The molecule has 0 saturated heterocycles. The summed E-state index contributed by atoms with van der Waals surface area (Å²) in [4.78, 5) is 0. The quantitative estimate of drug-likeness (QED) is 0.423. The van der Waals surface area contributed by atoms with Gasteiger partial charge in [0.15, 0.2) is 0 Å². The number of hydrogen-bond acceptors (Lipinski definition) is 1. The van der Waals surface area contributed by atoms with Crippen molar-refractivity contribution in [3.8, 4) is 0 Å². The highest BCUT2D eigenvalue weighted by Crippen LogP contribution is 2.33. The van der Waals surface area contributed by atoms with Gasteiger partial charge in [-0.05, 0) is 35.0 Å². The van der Waals surface area contributed by atoms with Crippen LogP contribution in [0, 0.1) is 0 Å². The van der Waals surface area contributed by atoms with Crippen LogP contribution in [0.15, 0.2) is 47.8 Å². The first-order valence-electron chi connectivity index (χ1n) is 5.69. The summed E-state index contributed by atoms with van der Waals surface area (Å²) in [6.45, 7) is 0. The van der Waals surface area contributed by atoms with Crippen molar-refractivity contribution < 1.29 is 0 Å². The summed E-state index contributed by atoms with van der Waals surface area (Å²) in [5.74, 6) is 0. The number of thiophene rings is 1. The lowest BCUT2D eigenvalue weighted by Crippen LogP contribution is -1.85. The van der Waals surface area contributed by atoms with Crippen LogP contribution < -0.4 is 0 Å². The van der Waals surface area contributed by atoms with E-state index in [9.17, 15) is 0 Å². The summed E-state index contributed by atoms with van der Waals surface area (Å²) in [5.41, 5.74) is 2.63. The molecule has 4 aromatic rings. The Morgan fingerprint density at radius 1 is 0.941 bits per heavy atom. The number of nitrogens with zero attached hydrogens (tertiary/aromatic N) is 1. The third kappa shape index (κ3) is 1.13. The molecule has 4 rings (SSSR count). The number of para-hydroxylation sites is 1. The maximum atomic E-state index is 2.31. The highest BCUT2D eigenvalue weighted by molar-refractivity contribution is 7.17. The van der Waals surface area contributed by atoms with E-state index in [1.807, 2.05) is 11.3 Å². The van der Waals surface area contributed by atoms with Crippen LogP contribution >= 0.6 is 11.3 Å². The van der Waals surface area contributed by atoms with Crippen LogP contribution in [0.3, 0.4) is 0 Å². The molecule has 0 fully saturated rings. The van der Waals surface area contributed by atoms with Gasteiger partial charge < -0.3 is 4.57 Å². The van der Waals surface area contributed by atoms with Gasteiger partial charge in [-0.3, -0.25) is 0 Å². The van der Waals surface area contributed by atoms with Gasteiger partial charge in [-0.1, -0.05) is 18.2 Å². The third-order valence-electron chi connectivity index (χ3n) is 3.49. The minimum absolute atomic E-state index is 1.31. The van der Waals surface area contributed by atoms with Gasteiger partial charge in [-0.15, -0.1) is 11.3 Å². The molecule has 2 heterocycles. The van der Waals surface area contributed by atoms with Gasteiger partial charge >= 0.3 is 0 Å². The minimum Gasteiger partial charge on any atom is -0.344 e. The molecule has 0 spiro atoms. The summed E-state index contributed by atoms with van der Waals surface area (Å²) < 4.78 is 3.65. The summed E-state index contributed by atoms with van der Waals surface area (Å²) in [6, 6.07) is 15.4. The molecule has 0 atom stereocenters. The molecule has 2 aromatic carbocycles. The molecule has 2 aromatic heterocycles. The molecule has 0 aliphatic carbocycles. The van der Waals surface area contributed by atoms with Gasteiger partial charge in [-0.25, -0.2) is 0 Å². The Morgan fingerprint density at radius 3 is 2.76 bits per heavy atom. The second kappa shape index (κ2) is 3.11. The van der Waals surface area contributed by atoms with Crippen molar-refractivity contribution in [3.63, 3.8) is 0 Å². The molecule has 0 aliphatic rings. The number of benzene rings is 2. The Bertz CT molecular complexity index is 851. The predicted octanol–water partition coefficient (Wildman–Crippen LogP) is 4.55. The third-order valence-corrected chi connectivity index (χ3v) is 4.37. The zero-order chi connectivity index (χ0) is 11.4. The lowest BCUT2D eigenvalue weighted by Gasteiger charge is -1.97. The Labute approximate surface area is 103 Å². The molecule has 0 unspecified atom stereocenters. The van der Waals surface area contributed by atoms with Crippen LogP contribution in [-0.2, 0) is 7.05 Å². The van der Waals surface area contributed by atoms with E-state index in [1.54, 1.807) is 0 Å². The maximum Gasteiger partial charge on any atom is 0.0503 e. The van der Waals surface area contributed by atoms with E-state index >= 15 is 0 Å². The van der Waals surface area contributed by atoms with Crippen molar-refractivity contribution in [2.75, 3.05) is 0 Å². The Morgan fingerprint density at radius 2 is 1.82 bits per heavy atom. The SMILES string of the molecule is Cn1c2ccccc2c2cc3ccsc3cc21. The van der Waals surface area contributed by atoms with Crippen LogP contribution in [0.4, 0.5) is 0 Å². The molecule has 0 bridgehead atoms. The first-order chi connectivity index (χ1) is 8.34. The van der Waals surface area contributed by atoms with Crippen LogP contribution in [0.1, 0.15) is 0 Å². The highest BCUT2D eigenvalue weighted by Gasteiger charge is 2.08.